The molecule has 63 valence electrons. The van der Waals surface area contributed by atoms with E-state index < -0.39 is 12.0 Å². The second kappa shape index (κ2) is 5.29. The van der Waals surface area contributed by atoms with Crippen molar-refractivity contribution < 1.29 is 14.7 Å². The van der Waals surface area contributed by atoms with Crippen LogP contribution in [0.3, 0.4) is 0 Å². The third-order valence-electron chi connectivity index (χ3n) is 1.16. The van der Waals surface area contributed by atoms with E-state index in [0.717, 1.165) is 0 Å². The van der Waals surface area contributed by atoms with E-state index in [1.807, 2.05) is 16.0 Å². The molecule has 0 heterocycles. The van der Waals surface area contributed by atoms with Gasteiger partial charge in [-0.15, -0.1) is 0 Å². The van der Waals surface area contributed by atoms with Gasteiger partial charge in [0, 0.05) is 0 Å². The molecule has 0 fully saturated rings. The van der Waals surface area contributed by atoms with Crippen LogP contribution < -0.4 is 5.73 Å². The second-order valence-corrected chi connectivity index (χ2v) is 2.62. The van der Waals surface area contributed by atoms with Crippen molar-refractivity contribution in [1.29, 1.82) is 0 Å². The fourth-order valence-electron chi connectivity index (χ4n) is 0.486. The molecule has 3 N–H and O–H groups in total. The van der Waals surface area contributed by atoms with Crippen molar-refractivity contribution in [3.8, 4) is 0 Å². The Morgan fingerprint density at radius 1 is 1.64 bits per heavy atom. The summed E-state index contributed by atoms with van der Waals surface area (Å²) in [5, 5.41) is 9.67. The number of hydrogen-bond acceptors (Lipinski definition) is 3. The molecule has 0 aliphatic carbocycles. The van der Waals surface area contributed by atoms with Crippen LogP contribution in [-0.2, 0) is 9.59 Å². The number of Topliss-reactive ketones (excluding diaryl/α,β-unsaturated/α-hetero) is 1. The summed E-state index contributed by atoms with van der Waals surface area (Å²) in [7, 11) is 0. The number of carbonyl (C=O) groups excluding carboxylic acids is 1. The zero-order valence-corrected chi connectivity index (χ0v) is 7.73. The van der Waals surface area contributed by atoms with E-state index in [0.29, 0.717) is 0 Å². The molecule has 0 unspecified atom stereocenters. The van der Waals surface area contributed by atoms with Gasteiger partial charge in [-0.25, -0.2) is 0 Å². The molecule has 11 heavy (non-hydrogen) atoms. The third kappa shape index (κ3) is 4.95. The SMILES string of the molecule is N[C@@H](CCC(=O)[CH][SeH])C(=O)O. The number of carboxylic acids is 1. The predicted molar refractivity (Wildman–Crippen MR) is 41.3 cm³/mol. The molecule has 4 nitrogen and oxygen atoms in total. The summed E-state index contributed by atoms with van der Waals surface area (Å²) < 4.78 is 0. The Morgan fingerprint density at radius 2 is 2.18 bits per heavy atom. The summed E-state index contributed by atoms with van der Waals surface area (Å²) in [5.74, 6) is -1.16. The number of nitrogens with two attached hydrogens (primary N) is 1. The van der Waals surface area contributed by atoms with Crippen LogP contribution in [0.1, 0.15) is 12.8 Å². The third-order valence-corrected chi connectivity index (χ3v) is 1.77. The Morgan fingerprint density at radius 3 is 2.55 bits per heavy atom. The Labute approximate surface area is 73.0 Å². The molecule has 5 heteroatoms. The number of rotatable bonds is 5. The van der Waals surface area contributed by atoms with Crippen molar-refractivity contribution in [3.63, 3.8) is 0 Å². The van der Waals surface area contributed by atoms with Gasteiger partial charge in [0.05, 0.1) is 0 Å². The van der Waals surface area contributed by atoms with Crippen LogP contribution in [-0.4, -0.2) is 38.9 Å². The van der Waals surface area contributed by atoms with E-state index in [4.69, 9.17) is 10.8 Å². The maximum atomic E-state index is 10.6. The minimum absolute atomic E-state index is 0.0956. The van der Waals surface area contributed by atoms with Gasteiger partial charge in [-0.1, -0.05) is 0 Å². The average Bonchev–Trinajstić information content (AvgIpc) is 1.99. The first-order valence-electron chi connectivity index (χ1n) is 3.06. The van der Waals surface area contributed by atoms with Gasteiger partial charge < -0.3 is 0 Å². The van der Waals surface area contributed by atoms with Crippen molar-refractivity contribution in [2.24, 2.45) is 5.73 Å². The molecule has 0 aliphatic rings. The topological polar surface area (TPSA) is 80.4 Å². The molecule has 0 rings (SSSR count). The predicted octanol–water partition coefficient (Wildman–Crippen LogP) is -1.19. The number of ketones is 1. The van der Waals surface area contributed by atoms with Crippen LogP contribution >= 0.6 is 0 Å². The van der Waals surface area contributed by atoms with Crippen molar-refractivity contribution in [2.75, 3.05) is 0 Å². The Kier molecular flexibility index (Phi) is 5.11. The van der Waals surface area contributed by atoms with Crippen molar-refractivity contribution in [1.82, 2.24) is 0 Å². The molecule has 1 radical (unpaired) electrons. The molecule has 0 aromatic rings. The Hall–Kier alpha value is -0.381. The van der Waals surface area contributed by atoms with Crippen LogP contribution in [0.2, 0.25) is 0 Å². The Balaban J connectivity index is 3.54. The average molecular weight is 223 g/mol. The van der Waals surface area contributed by atoms with Crippen LogP contribution in [0.25, 0.3) is 0 Å². The molecule has 0 amide bonds. The summed E-state index contributed by atoms with van der Waals surface area (Å²) in [5.41, 5.74) is 5.15. The summed E-state index contributed by atoms with van der Waals surface area (Å²) >= 11 is 2.03. The zero-order valence-electron chi connectivity index (χ0n) is 5.86. The van der Waals surface area contributed by atoms with Crippen molar-refractivity contribution >= 4 is 27.8 Å². The van der Waals surface area contributed by atoms with Gasteiger partial charge in [0.1, 0.15) is 0 Å². The number of carboxylic acid groups (broad SMARTS) is 1. The van der Waals surface area contributed by atoms with Gasteiger partial charge in [-0.05, 0) is 0 Å². The van der Waals surface area contributed by atoms with Crippen molar-refractivity contribution in [2.45, 2.75) is 18.9 Å². The van der Waals surface area contributed by atoms with Gasteiger partial charge in [0.15, 0.2) is 0 Å². The van der Waals surface area contributed by atoms with Gasteiger partial charge >= 0.3 is 72.4 Å². The molecule has 0 aromatic carbocycles. The maximum absolute atomic E-state index is 10.6. The van der Waals surface area contributed by atoms with Crippen LogP contribution in [0.15, 0.2) is 0 Å². The second-order valence-electron chi connectivity index (χ2n) is 2.08. The first-order valence-corrected chi connectivity index (χ1v) is 4.15. The molecule has 0 aliphatic heterocycles. The summed E-state index contributed by atoms with van der Waals surface area (Å²) in [6.07, 6.45) is 0.393. The fourth-order valence-corrected chi connectivity index (χ4v) is 0.757. The van der Waals surface area contributed by atoms with Crippen LogP contribution in [0, 0.1) is 5.32 Å². The molecular formula is C6H10NO3Se. The van der Waals surface area contributed by atoms with Gasteiger partial charge in [0.2, 0.25) is 0 Å². The molecule has 0 saturated heterocycles. The van der Waals surface area contributed by atoms with Crippen molar-refractivity contribution in [3.05, 3.63) is 5.32 Å². The molecule has 0 bridgehead atoms. The summed E-state index contributed by atoms with van der Waals surface area (Å²) in [6.45, 7) is 0. The van der Waals surface area contributed by atoms with E-state index in [1.165, 1.54) is 5.32 Å². The minimum atomic E-state index is -1.07. The standard InChI is InChI=1S/C6H10NO3Se/c7-5(6(9)10)2-1-4(8)3-11/h3,5,11H,1-2,7H2,(H,9,10)/t5-/m0/s1. The van der Waals surface area contributed by atoms with E-state index >= 15 is 0 Å². The van der Waals surface area contributed by atoms with E-state index in [1.54, 1.807) is 0 Å². The molecule has 0 aromatic heterocycles. The van der Waals surface area contributed by atoms with Gasteiger partial charge in [-0.3, -0.25) is 0 Å². The van der Waals surface area contributed by atoms with Gasteiger partial charge in [0.25, 0.3) is 0 Å². The first-order chi connectivity index (χ1) is 5.07. The Bertz CT molecular complexity index is 160. The van der Waals surface area contributed by atoms with E-state index in [2.05, 4.69) is 0 Å². The van der Waals surface area contributed by atoms with E-state index in [9.17, 15) is 9.59 Å². The first kappa shape index (κ1) is 10.6. The number of hydrogen-bond donors (Lipinski definition) is 2. The van der Waals surface area contributed by atoms with E-state index in [-0.39, 0.29) is 18.6 Å². The molecule has 1 atom stereocenters. The summed E-state index contributed by atoms with van der Waals surface area (Å²) in [4.78, 5) is 20.8. The molecule has 0 saturated carbocycles. The number of aliphatic carboxylic acids is 1. The normalized spacial score (nSPS) is 12.5. The quantitative estimate of drug-likeness (QED) is 0.574. The summed E-state index contributed by atoms with van der Waals surface area (Å²) in [6, 6.07) is -0.925. The van der Waals surface area contributed by atoms with Gasteiger partial charge in [-0.2, -0.15) is 0 Å². The molecular weight excluding hydrogens is 213 g/mol. The zero-order chi connectivity index (χ0) is 8.85. The van der Waals surface area contributed by atoms with Crippen LogP contribution in [0.5, 0.6) is 0 Å². The number of carbonyl (C=O) groups is 2. The monoisotopic (exact) mass is 224 g/mol. The molecule has 0 spiro atoms. The fraction of sp³-hybridized carbons (Fsp3) is 0.500. The van der Waals surface area contributed by atoms with Crippen LogP contribution in [0.4, 0.5) is 0 Å².